The van der Waals surface area contributed by atoms with E-state index in [1.54, 1.807) is 0 Å². The van der Waals surface area contributed by atoms with Crippen molar-refractivity contribution in [2.45, 2.75) is 31.7 Å². The summed E-state index contributed by atoms with van der Waals surface area (Å²) >= 11 is 0. The maximum Gasteiger partial charge on any atom is 0.303 e. The van der Waals surface area contributed by atoms with E-state index in [4.69, 9.17) is 15.6 Å². The van der Waals surface area contributed by atoms with Crippen LogP contribution in [0.3, 0.4) is 0 Å². The second kappa shape index (κ2) is 5.52. The zero-order valence-corrected chi connectivity index (χ0v) is 10.3. The van der Waals surface area contributed by atoms with Crippen LogP contribution in [0.4, 0.5) is 8.78 Å². The Balaban J connectivity index is 2.36. The molecule has 0 radical (unpaired) electrons. The van der Waals surface area contributed by atoms with Gasteiger partial charge in [0.1, 0.15) is 17.4 Å². The molecule has 0 amide bonds. The van der Waals surface area contributed by atoms with Gasteiger partial charge in [-0.2, -0.15) is 0 Å². The lowest BCUT2D eigenvalue weighted by molar-refractivity contribution is -0.137. The first-order valence-corrected chi connectivity index (χ1v) is 6.11. The van der Waals surface area contributed by atoms with Gasteiger partial charge in [-0.15, -0.1) is 0 Å². The third-order valence-electron chi connectivity index (χ3n) is 3.18. The molecule has 2 rings (SSSR count). The quantitative estimate of drug-likeness (QED) is 0.880. The summed E-state index contributed by atoms with van der Waals surface area (Å²) in [6.07, 6.45) is 1.04. The van der Waals surface area contributed by atoms with E-state index < -0.39 is 23.6 Å². The SMILES string of the molecule is NC(CCC(=O)O)c1c(F)cc(F)c2c1OCCC2. The number of hydrogen-bond acceptors (Lipinski definition) is 3. The van der Waals surface area contributed by atoms with Gasteiger partial charge in [0.05, 0.1) is 6.61 Å². The molecule has 6 heteroatoms. The summed E-state index contributed by atoms with van der Waals surface area (Å²) in [6, 6.07) is -0.0210. The summed E-state index contributed by atoms with van der Waals surface area (Å²) in [4.78, 5) is 10.5. The van der Waals surface area contributed by atoms with E-state index in [0.717, 1.165) is 6.07 Å². The molecule has 3 N–H and O–H groups in total. The van der Waals surface area contributed by atoms with Crippen molar-refractivity contribution in [1.29, 1.82) is 0 Å². The largest absolute Gasteiger partial charge is 0.493 e. The molecule has 0 spiro atoms. The highest BCUT2D eigenvalue weighted by molar-refractivity contribution is 5.66. The predicted molar refractivity (Wildman–Crippen MR) is 64.0 cm³/mol. The molecule has 0 aromatic heterocycles. The molecule has 0 bridgehead atoms. The van der Waals surface area contributed by atoms with Gasteiger partial charge < -0.3 is 15.6 Å². The molecule has 19 heavy (non-hydrogen) atoms. The van der Waals surface area contributed by atoms with Gasteiger partial charge in [-0.05, 0) is 19.3 Å². The smallest absolute Gasteiger partial charge is 0.303 e. The van der Waals surface area contributed by atoms with Crippen LogP contribution in [-0.2, 0) is 11.2 Å². The van der Waals surface area contributed by atoms with Crippen molar-refractivity contribution in [2.75, 3.05) is 6.61 Å². The second-order valence-corrected chi connectivity index (χ2v) is 4.55. The number of rotatable bonds is 4. The maximum absolute atomic E-state index is 13.9. The van der Waals surface area contributed by atoms with Crippen molar-refractivity contribution in [3.05, 3.63) is 28.8 Å². The number of carboxylic acids is 1. The summed E-state index contributed by atoms with van der Waals surface area (Å²) in [5.41, 5.74) is 6.22. The van der Waals surface area contributed by atoms with Crippen molar-refractivity contribution in [3.8, 4) is 5.75 Å². The van der Waals surface area contributed by atoms with E-state index >= 15 is 0 Å². The van der Waals surface area contributed by atoms with Gasteiger partial charge in [-0.25, -0.2) is 8.78 Å². The van der Waals surface area contributed by atoms with Gasteiger partial charge in [0.15, 0.2) is 0 Å². The van der Waals surface area contributed by atoms with Gasteiger partial charge >= 0.3 is 5.97 Å². The van der Waals surface area contributed by atoms with Crippen LogP contribution >= 0.6 is 0 Å². The maximum atomic E-state index is 13.9. The van der Waals surface area contributed by atoms with Gasteiger partial charge in [0.2, 0.25) is 0 Å². The third-order valence-corrected chi connectivity index (χ3v) is 3.18. The third kappa shape index (κ3) is 2.84. The zero-order chi connectivity index (χ0) is 14.0. The minimum atomic E-state index is -1.01. The van der Waals surface area contributed by atoms with E-state index in [9.17, 15) is 13.6 Å². The molecule has 1 aromatic carbocycles. The van der Waals surface area contributed by atoms with Crippen molar-refractivity contribution in [2.24, 2.45) is 5.73 Å². The molecule has 0 saturated heterocycles. The first-order chi connectivity index (χ1) is 9.00. The van der Waals surface area contributed by atoms with E-state index in [2.05, 4.69) is 0 Å². The van der Waals surface area contributed by atoms with Crippen LogP contribution < -0.4 is 10.5 Å². The fraction of sp³-hybridized carbons (Fsp3) is 0.462. The lowest BCUT2D eigenvalue weighted by Crippen LogP contribution is -2.20. The van der Waals surface area contributed by atoms with Crippen molar-refractivity contribution < 1.29 is 23.4 Å². The number of benzene rings is 1. The number of fused-ring (bicyclic) bond motifs is 1. The van der Waals surface area contributed by atoms with Crippen LogP contribution in [0.15, 0.2) is 6.07 Å². The number of aliphatic carboxylic acids is 1. The standard InChI is InChI=1S/C13H15F2NO3/c14-8-6-9(15)12(10(16)3-4-11(17)18)13-7(8)2-1-5-19-13/h6,10H,1-5,16H2,(H,17,18). The van der Waals surface area contributed by atoms with Crippen LogP contribution in [0, 0.1) is 11.6 Å². The normalized spacial score (nSPS) is 15.5. The molecule has 1 unspecified atom stereocenters. The van der Waals surface area contributed by atoms with Crippen LogP contribution in [0.2, 0.25) is 0 Å². The molecule has 1 atom stereocenters. The van der Waals surface area contributed by atoms with Crippen molar-refractivity contribution >= 4 is 5.97 Å². The number of hydrogen-bond donors (Lipinski definition) is 2. The molecule has 1 aliphatic heterocycles. The Kier molecular flexibility index (Phi) is 3.99. The Labute approximate surface area is 109 Å². The Hall–Kier alpha value is -1.69. The lowest BCUT2D eigenvalue weighted by Gasteiger charge is -2.24. The summed E-state index contributed by atoms with van der Waals surface area (Å²) < 4.78 is 32.8. The number of nitrogens with two attached hydrogens (primary N) is 1. The average molecular weight is 271 g/mol. The molecule has 1 aliphatic rings. The van der Waals surface area contributed by atoms with Crippen LogP contribution in [-0.4, -0.2) is 17.7 Å². The number of ether oxygens (including phenoxy) is 1. The van der Waals surface area contributed by atoms with Crippen molar-refractivity contribution in [3.63, 3.8) is 0 Å². The molecule has 4 nitrogen and oxygen atoms in total. The first kappa shape index (κ1) is 13.7. The minimum absolute atomic E-state index is 0.0771. The number of halogens is 2. The highest BCUT2D eigenvalue weighted by atomic mass is 19.1. The molecule has 104 valence electrons. The molecule has 1 aromatic rings. The second-order valence-electron chi connectivity index (χ2n) is 4.55. The van der Waals surface area contributed by atoms with Gasteiger partial charge in [0.25, 0.3) is 0 Å². The molecular formula is C13H15F2NO3. The van der Waals surface area contributed by atoms with Crippen molar-refractivity contribution in [1.82, 2.24) is 0 Å². The zero-order valence-electron chi connectivity index (χ0n) is 10.3. The van der Waals surface area contributed by atoms with Crippen LogP contribution in [0.25, 0.3) is 0 Å². The number of carboxylic acid groups (broad SMARTS) is 1. The summed E-state index contributed by atoms with van der Waals surface area (Å²) in [6.45, 7) is 0.383. The van der Waals surface area contributed by atoms with E-state index in [1.807, 2.05) is 0 Å². The van der Waals surface area contributed by atoms with Crippen LogP contribution in [0.1, 0.15) is 36.4 Å². The lowest BCUT2D eigenvalue weighted by atomic mass is 9.95. The monoisotopic (exact) mass is 271 g/mol. The highest BCUT2D eigenvalue weighted by Gasteiger charge is 2.26. The Bertz CT molecular complexity index is 505. The number of carbonyl (C=O) groups is 1. The fourth-order valence-electron chi connectivity index (χ4n) is 2.25. The molecule has 0 aliphatic carbocycles. The Morgan fingerprint density at radius 3 is 2.89 bits per heavy atom. The molecule has 1 heterocycles. The van der Waals surface area contributed by atoms with Crippen LogP contribution in [0.5, 0.6) is 5.75 Å². The fourth-order valence-corrected chi connectivity index (χ4v) is 2.25. The summed E-state index contributed by atoms with van der Waals surface area (Å²) in [5.74, 6) is -2.27. The van der Waals surface area contributed by atoms with Gasteiger partial charge in [-0.1, -0.05) is 0 Å². The molecule has 0 fully saturated rings. The van der Waals surface area contributed by atoms with E-state index in [1.165, 1.54) is 0 Å². The minimum Gasteiger partial charge on any atom is -0.493 e. The van der Waals surface area contributed by atoms with E-state index in [-0.39, 0.29) is 24.2 Å². The Morgan fingerprint density at radius 1 is 1.47 bits per heavy atom. The topological polar surface area (TPSA) is 72.6 Å². The van der Waals surface area contributed by atoms with Gasteiger partial charge in [0, 0.05) is 29.7 Å². The average Bonchev–Trinajstić information content (AvgIpc) is 2.36. The molecule has 0 saturated carbocycles. The van der Waals surface area contributed by atoms with Gasteiger partial charge in [-0.3, -0.25) is 4.79 Å². The predicted octanol–water partition coefficient (Wildman–Crippen LogP) is 2.15. The van der Waals surface area contributed by atoms with E-state index in [0.29, 0.717) is 25.0 Å². The summed E-state index contributed by atoms with van der Waals surface area (Å²) in [5, 5.41) is 8.62. The molecular weight excluding hydrogens is 256 g/mol. The Morgan fingerprint density at radius 2 is 2.21 bits per heavy atom. The highest BCUT2D eigenvalue weighted by Crippen LogP contribution is 2.37. The summed E-state index contributed by atoms with van der Waals surface area (Å²) in [7, 11) is 0. The first-order valence-electron chi connectivity index (χ1n) is 6.11.